The van der Waals surface area contributed by atoms with E-state index in [2.05, 4.69) is 6.07 Å². The van der Waals surface area contributed by atoms with E-state index in [4.69, 9.17) is 5.26 Å². The first kappa shape index (κ1) is 15.0. The number of benzene rings is 1. The Morgan fingerprint density at radius 1 is 1.20 bits per heavy atom. The molecular formula is C15H20N2O2S. The van der Waals surface area contributed by atoms with Crippen molar-refractivity contribution in [3.05, 3.63) is 29.3 Å². The van der Waals surface area contributed by atoms with Gasteiger partial charge in [0.2, 0.25) is 10.0 Å². The van der Waals surface area contributed by atoms with Crippen LogP contribution >= 0.6 is 0 Å². The normalized spacial score (nSPS) is 19.5. The van der Waals surface area contributed by atoms with Crippen molar-refractivity contribution in [1.82, 2.24) is 4.31 Å². The van der Waals surface area contributed by atoms with Crippen molar-refractivity contribution < 1.29 is 8.42 Å². The summed E-state index contributed by atoms with van der Waals surface area (Å²) in [6.45, 7) is 6.61. The first-order valence-electron chi connectivity index (χ1n) is 6.77. The Balaban J connectivity index is 2.24. The third-order valence-electron chi connectivity index (χ3n) is 4.21. The highest BCUT2D eigenvalue weighted by Gasteiger charge is 2.35. The molecule has 0 aromatic heterocycles. The summed E-state index contributed by atoms with van der Waals surface area (Å²) in [5.41, 5.74) is 1.67. The molecule has 108 valence electrons. The first-order chi connectivity index (χ1) is 9.28. The van der Waals surface area contributed by atoms with Gasteiger partial charge in [-0.1, -0.05) is 6.07 Å². The molecule has 2 rings (SSSR count). The lowest BCUT2D eigenvalue weighted by Crippen LogP contribution is -2.41. The fourth-order valence-corrected chi connectivity index (χ4v) is 3.88. The van der Waals surface area contributed by atoms with Crippen molar-refractivity contribution in [1.29, 1.82) is 5.26 Å². The van der Waals surface area contributed by atoms with E-state index in [9.17, 15) is 8.42 Å². The fourth-order valence-electron chi connectivity index (χ4n) is 2.36. The van der Waals surface area contributed by atoms with Gasteiger partial charge in [-0.15, -0.1) is 0 Å². The third kappa shape index (κ3) is 2.72. The van der Waals surface area contributed by atoms with Crippen molar-refractivity contribution >= 4 is 10.0 Å². The zero-order chi connectivity index (χ0) is 15.0. The van der Waals surface area contributed by atoms with Gasteiger partial charge in [0.05, 0.1) is 16.4 Å². The maximum atomic E-state index is 12.6. The Kier molecular flexibility index (Phi) is 3.90. The molecule has 0 spiro atoms. The van der Waals surface area contributed by atoms with E-state index in [1.54, 1.807) is 12.1 Å². The van der Waals surface area contributed by atoms with Gasteiger partial charge in [0.25, 0.3) is 0 Å². The smallest absolute Gasteiger partial charge is 0.207 e. The predicted molar refractivity (Wildman–Crippen MR) is 77.6 cm³/mol. The average molecular weight is 292 g/mol. The summed E-state index contributed by atoms with van der Waals surface area (Å²) in [4.78, 5) is 0.348. The summed E-state index contributed by atoms with van der Waals surface area (Å²) in [5.74, 6) is 0. The first-order valence-corrected chi connectivity index (χ1v) is 8.21. The SMILES string of the molecule is Cc1ccc(S(=O)(=O)N2CCC(C)(C#N)CC2)cc1C. The molecule has 0 N–H and O–H groups in total. The molecule has 1 fully saturated rings. The summed E-state index contributed by atoms with van der Waals surface area (Å²) in [7, 11) is -3.44. The van der Waals surface area contributed by atoms with Gasteiger partial charge >= 0.3 is 0 Å². The van der Waals surface area contributed by atoms with Crippen molar-refractivity contribution in [2.45, 2.75) is 38.5 Å². The predicted octanol–water partition coefficient (Wildman–Crippen LogP) is 2.62. The molecule has 1 heterocycles. The van der Waals surface area contributed by atoms with Crippen LogP contribution in [-0.2, 0) is 10.0 Å². The van der Waals surface area contributed by atoms with E-state index in [1.165, 1.54) is 4.31 Å². The van der Waals surface area contributed by atoms with Crippen LogP contribution in [0.4, 0.5) is 0 Å². The molecule has 0 atom stereocenters. The van der Waals surface area contributed by atoms with E-state index in [-0.39, 0.29) is 0 Å². The molecule has 0 aliphatic carbocycles. The number of sulfonamides is 1. The summed E-state index contributed by atoms with van der Waals surface area (Å²) in [6.07, 6.45) is 1.18. The molecule has 0 saturated carbocycles. The second kappa shape index (κ2) is 5.19. The maximum Gasteiger partial charge on any atom is 0.243 e. The molecule has 0 radical (unpaired) electrons. The van der Waals surface area contributed by atoms with Gasteiger partial charge in [-0.2, -0.15) is 9.57 Å². The van der Waals surface area contributed by atoms with Crippen LogP contribution in [0.15, 0.2) is 23.1 Å². The molecule has 1 aromatic rings. The van der Waals surface area contributed by atoms with Crippen molar-refractivity contribution in [3.63, 3.8) is 0 Å². The molecule has 20 heavy (non-hydrogen) atoms. The van der Waals surface area contributed by atoms with Gasteiger partial charge in [0.1, 0.15) is 0 Å². The van der Waals surface area contributed by atoms with Gasteiger partial charge in [0, 0.05) is 13.1 Å². The highest BCUT2D eigenvalue weighted by Crippen LogP contribution is 2.32. The topological polar surface area (TPSA) is 61.2 Å². The largest absolute Gasteiger partial charge is 0.243 e. The molecule has 1 aromatic carbocycles. The molecule has 1 aliphatic heterocycles. The van der Waals surface area contributed by atoms with Gasteiger partial charge in [0.15, 0.2) is 0 Å². The lowest BCUT2D eigenvalue weighted by Gasteiger charge is -2.34. The van der Waals surface area contributed by atoms with Gasteiger partial charge in [-0.05, 0) is 56.9 Å². The number of piperidine rings is 1. The Morgan fingerprint density at radius 2 is 1.80 bits per heavy atom. The highest BCUT2D eigenvalue weighted by atomic mass is 32.2. The standard InChI is InChI=1S/C15H20N2O2S/c1-12-4-5-14(10-13(12)2)20(18,19)17-8-6-15(3,11-16)7-9-17/h4-5,10H,6-9H2,1-3H3. The third-order valence-corrected chi connectivity index (χ3v) is 6.11. The average Bonchev–Trinajstić information content (AvgIpc) is 2.42. The Morgan fingerprint density at radius 3 is 2.30 bits per heavy atom. The van der Waals surface area contributed by atoms with Crippen LogP contribution in [-0.4, -0.2) is 25.8 Å². The van der Waals surface area contributed by atoms with Crippen LogP contribution in [0.5, 0.6) is 0 Å². The number of nitriles is 1. The van der Waals surface area contributed by atoms with Crippen molar-refractivity contribution in [2.75, 3.05) is 13.1 Å². The Labute approximate surface area is 121 Å². The van der Waals surface area contributed by atoms with Gasteiger partial charge < -0.3 is 0 Å². The summed E-state index contributed by atoms with van der Waals surface area (Å²) < 4.78 is 26.7. The molecule has 1 saturated heterocycles. The van der Waals surface area contributed by atoms with Gasteiger partial charge in [-0.3, -0.25) is 0 Å². The van der Waals surface area contributed by atoms with E-state index < -0.39 is 15.4 Å². The van der Waals surface area contributed by atoms with Crippen LogP contribution < -0.4 is 0 Å². The zero-order valence-corrected chi connectivity index (χ0v) is 13.0. The van der Waals surface area contributed by atoms with E-state index in [0.717, 1.165) is 11.1 Å². The number of rotatable bonds is 2. The Bertz CT molecular complexity index is 651. The fraction of sp³-hybridized carbons (Fsp3) is 0.533. The lowest BCUT2D eigenvalue weighted by molar-refractivity contribution is 0.232. The minimum Gasteiger partial charge on any atom is -0.207 e. The Hall–Kier alpha value is -1.38. The summed E-state index contributed by atoms with van der Waals surface area (Å²) >= 11 is 0. The summed E-state index contributed by atoms with van der Waals surface area (Å²) in [5, 5.41) is 9.11. The van der Waals surface area contributed by atoms with E-state index in [0.29, 0.717) is 30.8 Å². The van der Waals surface area contributed by atoms with Crippen LogP contribution in [0.3, 0.4) is 0 Å². The summed E-state index contributed by atoms with van der Waals surface area (Å²) in [6, 6.07) is 7.51. The molecule has 0 amide bonds. The second-order valence-corrected chi connectivity index (χ2v) is 7.76. The number of hydrogen-bond acceptors (Lipinski definition) is 3. The van der Waals surface area contributed by atoms with Crippen molar-refractivity contribution in [2.24, 2.45) is 5.41 Å². The van der Waals surface area contributed by atoms with E-state index in [1.807, 2.05) is 26.8 Å². The maximum absolute atomic E-state index is 12.6. The second-order valence-electron chi connectivity index (χ2n) is 5.82. The van der Waals surface area contributed by atoms with Crippen LogP contribution in [0.2, 0.25) is 0 Å². The quantitative estimate of drug-likeness (QED) is 0.841. The molecular weight excluding hydrogens is 272 g/mol. The number of nitrogens with zero attached hydrogens (tertiary/aromatic N) is 2. The molecule has 5 heteroatoms. The van der Waals surface area contributed by atoms with Crippen LogP contribution in [0.25, 0.3) is 0 Å². The molecule has 4 nitrogen and oxygen atoms in total. The van der Waals surface area contributed by atoms with Crippen molar-refractivity contribution in [3.8, 4) is 6.07 Å². The molecule has 0 unspecified atom stereocenters. The van der Waals surface area contributed by atoms with Gasteiger partial charge in [-0.25, -0.2) is 8.42 Å². The minimum absolute atomic E-state index is 0.348. The van der Waals surface area contributed by atoms with Crippen LogP contribution in [0.1, 0.15) is 30.9 Å². The molecule has 0 bridgehead atoms. The number of hydrogen-bond donors (Lipinski definition) is 0. The highest BCUT2D eigenvalue weighted by molar-refractivity contribution is 7.89. The monoisotopic (exact) mass is 292 g/mol. The minimum atomic E-state index is -3.44. The zero-order valence-electron chi connectivity index (χ0n) is 12.2. The van der Waals surface area contributed by atoms with E-state index >= 15 is 0 Å². The lowest BCUT2D eigenvalue weighted by atomic mass is 9.83. The number of aryl methyl sites for hydroxylation is 2. The van der Waals surface area contributed by atoms with Crippen LogP contribution in [0, 0.1) is 30.6 Å². The molecule has 1 aliphatic rings.